The van der Waals surface area contributed by atoms with Gasteiger partial charge < -0.3 is 0 Å². The van der Waals surface area contributed by atoms with Gasteiger partial charge in [0.1, 0.15) is 0 Å². The van der Waals surface area contributed by atoms with Crippen molar-refractivity contribution in [3.05, 3.63) is 23.1 Å². The minimum absolute atomic E-state index is 0.718. The van der Waals surface area contributed by atoms with E-state index in [4.69, 9.17) is 0 Å². The van der Waals surface area contributed by atoms with Crippen molar-refractivity contribution in [3.63, 3.8) is 0 Å². The second kappa shape index (κ2) is 4.76. The SMILES string of the molecule is CCC(CC)[C@H]1C=CC=C1SC. The largest absolute Gasteiger partial charge is 0.133 e. The summed E-state index contributed by atoms with van der Waals surface area (Å²) in [6, 6.07) is 0. The first-order valence-electron chi connectivity index (χ1n) is 4.75. The van der Waals surface area contributed by atoms with Gasteiger partial charge in [0.05, 0.1) is 0 Å². The van der Waals surface area contributed by atoms with Gasteiger partial charge in [0.2, 0.25) is 0 Å². The summed E-state index contributed by atoms with van der Waals surface area (Å²) < 4.78 is 0. The summed E-state index contributed by atoms with van der Waals surface area (Å²) in [6.45, 7) is 4.58. The average Bonchev–Trinajstić information content (AvgIpc) is 2.55. The number of allylic oxidation sites excluding steroid dienone is 4. The van der Waals surface area contributed by atoms with E-state index in [2.05, 4.69) is 38.3 Å². The Morgan fingerprint density at radius 2 is 2.08 bits per heavy atom. The van der Waals surface area contributed by atoms with Crippen molar-refractivity contribution < 1.29 is 0 Å². The molecular weight excluding hydrogens is 164 g/mol. The molecule has 0 nitrogen and oxygen atoms in total. The summed E-state index contributed by atoms with van der Waals surface area (Å²) in [5.74, 6) is 1.57. The van der Waals surface area contributed by atoms with Crippen LogP contribution in [0.3, 0.4) is 0 Å². The molecule has 0 radical (unpaired) electrons. The fraction of sp³-hybridized carbons (Fsp3) is 0.636. The van der Waals surface area contributed by atoms with Gasteiger partial charge in [0.25, 0.3) is 0 Å². The van der Waals surface area contributed by atoms with Crippen LogP contribution in [0.25, 0.3) is 0 Å². The maximum atomic E-state index is 2.35. The van der Waals surface area contributed by atoms with E-state index in [-0.39, 0.29) is 0 Å². The van der Waals surface area contributed by atoms with E-state index in [1.54, 1.807) is 4.91 Å². The molecule has 0 bridgehead atoms. The molecule has 1 rings (SSSR count). The van der Waals surface area contributed by atoms with Gasteiger partial charge in [0.15, 0.2) is 0 Å². The lowest BCUT2D eigenvalue weighted by molar-refractivity contribution is 0.424. The molecule has 0 saturated heterocycles. The Kier molecular flexibility index (Phi) is 3.93. The van der Waals surface area contributed by atoms with Gasteiger partial charge in [-0.3, -0.25) is 0 Å². The van der Waals surface area contributed by atoms with Crippen molar-refractivity contribution in [2.75, 3.05) is 6.26 Å². The second-order valence-corrected chi connectivity index (χ2v) is 4.14. The first-order chi connectivity index (χ1) is 5.83. The van der Waals surface area contributed by atoms with E-state index in [1.807, 2.05) is 11.8 Å². The second-order valence-electron chi connectivity index (χ2n) is 3.26. The normalized spacial score (nSPS) is 22.0. The quantitative estimate of drug-likeness (QED) is 0.636. The highest BCUT2D eigenvalue weighted by Crippen LogP contribution is 2.36. The Balaban J connectivity index is 2.61. The summed E-state index contributed by atoms with van der Waals surface area (Å²) in [7, 11) is 0. The molecule has 0 spiro atoms. The molecular formula is C11H18S. The van der Waals surface area contributed by atoms with Crippen LogP contribution in [0.5, 0.6) is 0 Å². The van der Waals surface area contributed by atoms with Crippen LogP contribution in [-0.4, -0.2) is 6.26 Å². The standard InChI is InChI=1S/C11H18S/c1-4-9(5-2)10-7-6-8-11(10)12-3/h6-10H,4-5H2,1-3H3/t10-/m1/s1. The molecule has 12 heavy (non-hydrogen) atoms. The molecule has 0 aliphatic heterocycles. The molecule has 0 unspecified atom stereocenters. The molecule has 1 heteroatoms. The molecule has 0 amide bonds. The lowest BCUT2D eigenvalue weighted by atomic mass is 9.89. The van der Waals surface area contributed by atoms with E-state index >= 15 is 0 Å². The number of rotatable bonds is 4. The highest BCUT2D eigenvalue weighted by molar-refractivity contribution is 8.02. The molecule has 0 fully saturated rings. The maximum Gasteiger partial charge on any atom is 0.0109 e. The smallest absolute Gasteiger partial charge is 0.0109 e. The zero-order chi connectivity index (χ0) is 8.97. The third-order valence-electron chi connectivity index (χ3n) is 2.70. The minimum atomic E-state index is 0.718. The van der Waals surface area contributed by atoms with Gasteiger partial charge in [-0.2, -0.15) is 0 Å². The first kappa shape index (κ1) is 9.91. The van der Waals surface area contributed by atoms with Gasteiger partial charge in [-0.1, -0.05) is 44.9 Å². The van der Waals surface area contributed by atoms with Crippen molar-refractivity contribution in [2.24, 2.45) is 11.8 Å². The minimum Gasteiger partial charge on any atom is -0.133 e. The average molecular weight is 182 g/mol. The molecule has 1 aliphatic rings. The molecule has 0 aromatic heterocycles. The molecule has 0 aromatic rings. The van der Waals surface area contributed by atoms with Crippen LogP contribution in [0.15, 0.2) is 23.1 Å². The molecule has 68 valence electrons. The Morgan fingerprint density at radius 1 is 1.42 bits per heavy atom. The van der Waals surface area contributed by atoms with Gasteiger partial charge >= 0.3 is 0 Å². The summed E-state index contributed by atoms with van der Waals surface area (Å²) >= 11 is 1.90. The van der Waals surface area contributed by atoms with Crippen LogP contribution >= 0.6 is 11.8 Å². The zero-order valence-corrected chi connectivity index (χ0v) is 9.03. The first-order valence-corrected chi connectivity index (χ1v) is 5.98. The summed E-state index contributed by atoms with van der Waals surface area (Å²) in [6.07, 6.45) is 11.6. The lowest BCUT2D eigenvalue weighted by Gasteiger charge is -2.21. The van der Waals surface area contributed by atoms with Crippen molar-refractivity contribution in [3.8, 4) is 0 Å². The van der Waals surface area contributed by atoms with Gasteiger partial charge in [-0.25, -0.2) is 0 Å². The van der Waals surface area contributed by atoms with E-state index in [1.165, 1.54) is 12.8 Å². The third kappa shape index (κ3) is 1.95. The Hall–Kier alpha value is -0.170. The van der Waals surface area contributed by atoms with Crippen LogP contribution in [0, 0.1) is 11.8 Å². The van der Waals surface area contributed by atoms with Crippen molar-refractivity contribution in [1.82, 2.24) is 0 Å². The zero-order valence-electron chi connectivity index (χ0n) is 8.21. The van der Waals surface area contributed by atoms with E-state index in [9.17, 15) is 0 Å². The molecule has 0 heterocycles. The van der Waals surface area contributed by atoms with Crippen LogP contribution < -0.4 is 0 Å². The number of hydrogen-bond donors (Lipinski definition) is 0. The van der Waals surface area contributed by atoms with Crippen LogP contribution in [0.4, 0.5) is 0 Å². The van der Waals surface area contributed by atoms with Gasteiger partial charge in [0, 0.05) is 5.92 Å². The highest BCUT2D eigenvalue weighted by atomic mass is 32.2. The van der Waals surface area contributed by atoms with E-state index in [0.717, 1.165) is 11.8 Å². The number of hydrogen-bond acceptors (Lipinski definition) is 1. The van der Waals surface area contributed by atoms with Crippen molar-refractivity contribution in [1.29, 1.82) is 0 Å². The monoisotopic (exact) mass is 182 g/mol. The summed E-state index contributed by atoms with van der Waals surface area (Å²) in [4.78, 5) is 1.55. The predicted octanol–water partition coefficient (Wildman–Crippen LogP) is 3.86. The van der Waals surface area contributed by atoms with Crippen LogP contribution in [0.2, 0.25) is 0 Å². The third-order valence-corrected chi connectivity index (χ3v) is 3.58. The van der Waals surface area contributed by atoms with Crippen molar-refractivity contribution in [2.45, 2.75) is 26.7 Å². The van der Waals surface area contributed by atoms with Crippen molar-refractivity contribution >= 4 is 11.8 Å². The molecule has 1 atom stereocenters. The molecule has 0 aromatic carbocycles. The Labute approximate surface area is 80.1 Å². The molecule has 1 aliphatic carbocycles. The topological polar surface area (TPSA) is 0 Å². The van der Waals surface area contributed by atoms with Crippen LogP contribution in [0.1, 0.15) is 26.7 Å². The van der Waals surface area contributed by atoms with E-state index in [0.29, 0.717) is 0 Å². The fourth-order valence-electron chi connectivity index (χ4n) is 1.87. The fourth-order valence-corrected chi connectivity index (χ4v) is 2.62. The summed E-state index contributed by atoms with van der Waals surface area (Å²) in [5.41, 5.74) is 0. The van der Waals surface area contributed by atoms with Crippen LogP contribution in [-0.2, 0) is 0 Å². The van der Waals surface area contributed by atoms with Gasteiger partial charge in [-0.15, -0.1) is 11.8 Å². The Bertz CT molecular complexity index is 187. The molecule has 0 N–H and O–H groups in total. The Morgan fingerprint density at radius 3 is 2.58 bits per heavy atom. The summed E-state index contributed by atoms with van der Waals surface area (Å²) in [5, 5.41) is 0. The number of thioether (sulfide) groups is 1. The highest BCUT2D eigenvalue weighted by Gasteiger charge is 2.21. The van der Waals surface area contributed by atoms with E-state index < -0.39 is 0 Å². The van der Waals surface area contributed by atoms with Gasteiger partial charge in [-0.05, 0) is 17.1 Å². The maximum absolute atomic E-state index is 2.35. The predicted molar refractivity (Wildman–Crippen MR) is 58.3 cm³/mol. The molecule has 0 saturated carbocycles. The lowest BCUT2D eigenvalue weighted by Crippen LogP contribution is -2.10.